The summed E-state index contributed by atoms with van der Waals surface area (Å²) in [6.45, 7) is 5.51. The van der Waals surface area contributed by atoms with Gasteiger partial charge in [-0.25, -0.2) is 4.79 Å². The highest BCUT2D eigenvalue weighted by Gasteiger charge is 2.15. The van der Waals surface area contributed by atoms with Crippen LogP contribution < -0.4 is 5.73 Å². The van der Waals surface area contributed by atoms with E-state index < -0.39 is 5.97 Å². The van der Waals surface area contributed by atoms with E-state index >= 15 is 0 Å². The molecular formula is C10H16N2O3. The lowest BCUT2D eigenvalue weighted by molar-refractivity contribution is -0.138. The van der Waals surface area contributed by atoms with Crippen molar-refractivity contribution in [1.82, 2.24) is 0 Å². The molecule has 5 heteroatoms. The van der Waals surface area contributed by atoms with Crippen LogP contribution in [0.1, 0.15) is 20.8 Å². The van der Waals surface area contributed by atoms with Crippen molar-refractivity contribution in [1.29, 1.82) is 0 Å². The van der Waals surface area contributed by atoms with E-state index in [1.165, 1.54) is 13.1 Å². The molecule has 0 heterocycles. The van der Waals surface area contributed by atoms with Crippen LogP contribution in [-0.4, -0.2) is 31.1 Å². The van der Waals surface area contributed by atoms with E-state index in [1.807, 2.05) is 6.92 Å². The van der Waals surface area contributed by atoms with Crippen molar-refractivity contribution in [3.8, 4) is 0 Å². The first kappa shape index (κ1) is 13.4. The van der Waals surface area contributed by atoms with Crippen molar-refractivity contribution in [2.75, 3.05) is 13.2 Å². The van der Waals surface area contributed by atoms with E-state index in [1.54, 1.807) is 6.92 Å². The molecule has 0 spiro atoms. The first-order valence-corrected chi connectivity index (χ1v) is 4.72. The molecule has 15 heavy (non-hydrogen) atoms. The van der Waals surface area contributed by atoms with Crippen molar-refractivity contribution in [3.63, 3.8) is 0 Å². The standard InChI is InChI=1S/C10H16N2O3/c1-4-12-6-8(9(11)7(3)13)10(14)15-5-2/h6H,4-5,11H2,1-3H3/b9-8+,12-6?. The smallest absolute Gasteiger partial charge is 0.341 e. The van der Waals surface area contributed by atoms with Crippen LogP contribution in [0.3, 0.4) is 0 Å². The summed E-state index contributed by atoms with van der Waals surface area (Å²) >= 11 is 0. The molecule has 0 atom stereocenters. The number of Topliss-reactive ketones (excluding diaryl/α,β-unsaturated/α-hetero) is 1. The minimum absolute atomic E-state index is 0.0196. The number of esters is 1. The zero-order chi connectivity index (χ0) is 11.8. The molecule has 0 unspecified atom stereocenters. The molecule has 0 saturated carbocycles. The molecule has 5 nitrogen and oxygen atoms in total. The highest BCUT2D eigenvalue weighted by molar-refractivity contribution is 6.15. The van der Waals surface area contributed by atoms with Crippen molar-refractivity contribution in [2.24, 2.45) is 10.7 Å². The third-order valence-electron chi connectivity index (χ3n) is 1.57. The van der Waals surface area contributed by atoms with E-state index in [0.717, 1.165) is 0 Å². The van der Waals surface area contributed by atoms with Gasteiger partial charge in [-0.05, 0) is 13.8 Å². The van der Waals surface area contributed by atoms with Gasteiger partial charge in [-0.3, -0.25) is 9.79 Å². The molecule has 0 aliphatic heterocycles. The lowest BCUT2D eigenvalue weighted by Gasteiger charge is -2.04. The number of carbonyl (C=O) groups excluding carboxylic acids is 2. The number of carbonyl (C=O) groups is 2. The summed E-state index contributed by atoms with van der Waals surface area (Å²) in [6.07, 6.45) is 1.27. The Balaban J connectivity index is 5.04. The maximum absolute atomic E-state index is 11.4. The molecule has 0 aliphatic carbocycles. The molecule has 0 aromatic carbocycles. The molecule has 0 radical (unpaired) electrons. The number of hydrogen-bond acceptors (Lipinski definition) is 5. The first-order chi connectivity index (χ1) is 7.04. The Hall–Kier alpha value is -1.65. The van der Waals surface area contributed by atoms with Gasteiger partial charge in [0.15, 0.2) is 5.78 Å². The second-order valence-electron chi connectivity index (χ2n) is 2.73. The van der Waals surface area contributed by atoms with E-state index in [0.29, 0.717) is 6.54 Å². The Kier molecular flexibility index (Phi) is 6.01. The zero-order valence-corrected chi connectivity index (χ0v) is 9.24. The molecule has 0 bridgehead atoms. The molecule has 2 N–H and O–H groups in total. The number of nitrogens with zero attached hydrogens (tertiary/aromatic N) is 1. The number of allylic oxidation sites excluding steroid dienone is 1. The Morgan fingerprint density at radius 2 is 2.00 bits per heavy atom. The Morgan fingerprint density at radius 3 is 2.40 bits per heavy atom. The number of rotatable bonds is 5. The van der Waals surface area contributed by atoms with Gasteiger partial charge >= 0.3 is 5.97 Å². The van der Waals surface area contributed by atoms with E-state index in [2.05, 4.69) is 4.99 Å². The highest BCUT2D eigenvalue weighted by Crippen LogP contribution is 2.01. The van der Waals surface area contributed by atoms with Gasteiger partial charge in [0.2, 0.25) is 0 Å². The zero-order valence-electron chi connectivity index (χ0n) is 9.24. The van der Waals surface area contributed by atoms with Gasteiger partial charge < -0.3 is 10.5 Å². The van der Waals surface area contributed by atoms with Crippen LogP contribution in [0, 0.1) is 0 Å². The summed E-state index contributed by atoms with van der Waals surface area (Å²) in [5, 5.41) is 0. The van der Waals surface area contributed by atoms with Crippen LogP contribution >= 0.6 is 0 Å². The molecule has 0 aromatic rings. The summed E-state index contributed by atoms with van der Waals surface area (Å²) in [6, 6.07) is 0. The topological polar surface area (TPSA) is 81.8 Å². The van der Waals surface area contributed by atoms with E-state index in [9.17, 15) is 9.59 Å². The van der Waals surface area contributed by atoms with Gasteiger partial charge in [-0.2, -0.15) is 0 Å². The lowest BCUT2D eigenvalue weighted by atomic mass is 10.2. The Bertz CT molecular complexity index is 306. The summed E-state index contributed by atoms with van der Waals surface area (Å²) in [5.41, 5.74) is 5.37. The van der Waals surface area contributed by atoms with Crippen LogP contribution in [0.2, 0.25) is 0 Å². The average molecular weight is 212 g/mol. The maximum Gasteiger partial charge on any atom is 0.341 e. The fraction of sp³-hybridized carbons (Fsp3) is 0.500. The van der Waals surface area contributed by atoms with Crippen LogP contribution in [-0.2, 0) is 14.3 Å². The predicted octanol–water partition coefficient (Wildman–Crippen LogP) is 0.442. The molecule has 0 aromatic heterocycles. The van der Waals surface area contributed by atoms with Gasteiger partial charge in [0.1, 0.15) is 5.57 Å². The number of ether oxygens (including phenoxy) is 1. The third kappa shape index (κ3) is 4.39. The van der Waals surface area contributed by atoms with Crippen LogP contribution in [0.15, 0.2) is 16.3 Å². The summed E-state index contributed by atoms with van der Waals surface area (Å²) in [4.78, 5) is 26.3. The second kappa shape index (κ2) is 6.75. The number of hydrogen-bond donors (Lipinski definition) is 1. The van der Waals surface area contributed by atoms with Crippen LogP contribution in [0.5, 0.6) is 0 Å². The first-order valence-electron chi connectivity index (χ1n) is 4.72. The SMILES string of the molecule is CCN=C/C(C(=O)OCC)=C(\N)C(C)=O. The van der Waals surface area contributed by atoms with Gasteiger partial charge in [0.05, 0.1) is 12.3 Å². The minimum Gasteiger partial charge on any atom is -0.462 e. The van der Waals surface area contributed by atoms with Gasteiger partial charge in [-0.1, -0.05) is 0 Å². The molecule has 0 aliphatic rings. The number of nitrogens with two attached hydrogens (primary N) is 1. The predicted molar refractivity (Wildman–Crippen MR) is 57.6 cm³/mol. The van der Waals surface area contributed by atoms with Gasteiger partial charge in [-0.15, -0.1) is 0 Å². The molecular weight excluding hydrogens is 196 g/mol. The summed E-state index contributed by atoms with van der Waals surface area (Å²) in [7, 11) is 0. The summed E-state index contributed by atoms with van der Waals surface area (Å²) < 4.78 is 4.75. The van der Waals surface area contributed by atoms with E-state index in [-0.39, 0.29) is 23.7 Å². The fourth-order valence-corrected chi connectivity index (χ4v) is 0.813. The quantitative estimate of drug-likeness (QED) is 0.407. The van der Waals surface area contributed by atoms with Gasteiger partial charge in [0, 0.05) is 19.7 Å². The molecule has 84 valence electrons. The van der Waals surface area contributed by atoms with Crippen molar-refractivity contribution in [3.05, 3.63) is 11.3 Å². The highest BCUT2D eigenvalue weighted by atomic mass is 16.5. The monoisotopic (exact) mass is 212 g/mol. The van der Waals surface area contributed by atoms with E-state index in [4.69, 9.17) is 10.5 Å². The number of aliphatic imine (C=N–C) groups is 1. The molecule has 0 fully saturated rings. The third-order valence-corrected chi connectivity index (χ3v) is 1.57. The maximum atomic E-state index is 11.4. The second-order valence-corrected chi connectivity index (χ2v) is 2.73. The van der Waals surface area contributed by atoms with Gasteiger partial charge in [0.25, 0.3) is 0 Å². The Labute approximate surface area is 89.0 Å². The Morgan fingerprint density at radius 1 is 1.40 bits per heavy atom. The lowest BCUT2D eigenvalue weighted by Crippen LogP contribution is -2.19. The summed E-state index contributed by atoms with van der Waals surface area (Å²) in [5.74, 6) is -0.997. The van der Waals surface area contributed by atoms with Crippen molar-refractivity contribution < 1.29 is 14.3 Å². The van der Waals surface area contributed by atoms with Crippen molar-refractivity contribution in [2.45, 2.75) is 20.8 Å². The number of ketones is 1. The average Bonchev–Trinajstić information content (AvgIpc) is 2.18. The largest absolute Gasteiger partial charge is 0.462 e. The fourth-order valence-electron chi connectivity index (χ4n) is 0.813. The van der Waals surface area contributed by atoms with Crippen LogP contribution in [0.4, 0.5) is 0 Å². The minimum atomic E-state index is -0.623. The molecule has 0 amide bonds. The molecule has 0 rings (SSSR count). The van der Waals surface area contributed by atoms with Crippen molar-refractivity contribution >= 4 is 18.0 Å². The van der Waals surface area contributed by atoms with Crippen LogP contribution in [0.25, 0.3) is 0 Å². The normalized spacial score (nSPS) is 12.5. The molecule has 0 saturated heterocycles.